The molecule has 0 saturated carbocycles. The Bertz CT molecular complexity index is 4550. The molecule has 5 nitrogen and oxygen atoms in total. The second kappa shape index (κ2) is 16.6. The van der Waals surface area contributed by atoms with Gasteiger partial charge in [0.1, 0.15) is 0 Å². The number of benzene rings is 11. The number of nitrogens with zero attached hydrogens (tertiary/aromatic N) is 5. The van der Waals surface area contributed by atoms with E-state index in [0.29, 0.717) is 5.82 Å². The molecule has 0 amide bonds. The minimum Gasteiger partial charge on any atom is -0.309 e. The van der Waals surface area contributed by atoms with Crippen molar-refractivity contribution in [3.63, 3.8) is 0 Å². The van der Waals surface area contributed by atoms with Crippen LogP contribution in [0.2, 0.25) is 0 Å². The highest BCUT2D eigenvalue weighted by Gasteiger charge is 2.47. The summed E-state index contributed by atoms with van der Waals surface area (Å²) in [4.78, 5) is 11.3. The fraction of sp³-hybridized carbons (Fsp3) is 0. The Morgan fingerprint density at radius 1 is 0.276 bits per heavy atom. The third kappa shape index (κ3) is 6.01. The Morgan fingerprint density at radius 3 is 1.28 bits per heavy atom. The molecule has 0 spiro atoms. The van der Waals surface area contributed by atoms with Crippen LogP contribution >= 0.6 is 0 Å². The molecule has 354 valence electrons. The molecular formula is C70H45N5Si. The highest BCUT2D eigenvalue weighted by Crippen LogP contribution is 2.41. The summed E-state index contributed by atoms with van der Waals surface area (Å²) in [5.41, 5.74) is 15.1. The van der Waals surface area contributed by atoms with Crippen LogP contribution in [0.1, 0.15) is 0 Å². The van der Waals surface area contributed by atoms with Crippen molar-refractivity contribution in [1.82, 2.24) is 23.7 Å². The maximum atomic E-state index is 5.66. The Morgan fingerprint density at radius 2 is 0.684 bits per heavy atom. The van der Waals surface area contributed by atoms with Crippen molar-refractivity contribution in [1.29, 1.82) is 0 Å². The zero-order valence-corrected chi connectivity index (χ0v) is 42.2. The van der Waals surface area contributed by atoms with Crippen LogP contribution in [0.4, 0.5) is 0 Å². The molecular weight excluding hydrogens is 939 g/mol. The average molecular weight is 984 g/mol. The maximum absolute atomic E-state index is 5.66. The lowest BCUT2D eigenvalue weighted by molar-refractivity contribution is 1.13. The van der Waals surface area contributed by atoms with Crippen molar-refractivity contribution in [3.8, 4) is 51.0 Å². The first-order valence-corrected chi connectivity index (χ1v) is 28.1. The average Bonchev–Trinajstić information content (AvgIpc) is 4.31. The summed E-state index contributed by atoms with van der Waals surface area (Å²) in [6.07, 6.45) is 0. The van der Waals surface area contributed by atoms with E-state index in [-0.39, 0.29) is 0 Å². The lowest BCUT2D eigenvalue weighted by Gasteiger charge is -2.39. The van der Waals surface area contributed by atoms with Gasteiger partial charge in [-0.15, -0.1) is 0 Å². The third-order valence-corrected chi connectivity index (χ3v) is 21.0. The first kappa shape index (κ1) is 42.6. The largest absolute Gasteiger partial charge is 0.309 e. The molecule has 1 unspecified atom stereocenters. The molecule has 1 atom stereocenters. The molecule has 0 saturated heterocycles. The molecule has 1 aliphatic rings. The van der Waals surface area contributed by atoms with Crippen LogP contribution in [0.15, 0.2) is 273 Å². The topological polar surface area (TPSA) is 40.6 Å². The van der Waals surface area contributed by atoms with Crippen molar-refractivity contribution in [2.24, 2.45) is 0 Å². The maximum Gasteiger partial charge on any atom is 0.184 e. The van der Waals surface area contributed by atoms with Gasteiger partial charge in [0.2, 0.25) is 0 Å². The van der Waals surface area contributed by atoms with E-state index in [4.69, 9.17) is 9.97 Å². The van der Waals surface area contributed by atoms with Gasteiger partial charge in [-0.1, -0.05) is 212 Å². The van der Waals surface area contributed by atoms with E-state index >= 15 is 0 Å². The quantitative estimate of drug-likeness (QED) is 0.149. The highest BCUT2D eigenvalue weighted by molar-refractivity contribution is 7.21. The van der Waals surface area contributed by atoms with E-state index in [1.165, 1.54) is 69.8 Å². The van der Waals surface area contributed by atoms with Crippen LogP contribution in [-0.2, 0) is 0 Å². The fourth-order valence-corrected chi connectivity index (χ4v) is 18.1. The normalized spacial score (nSPS) is 14.1. The highest BCUT2D eigenvalue weighted by atomic mass is 28.3. The van der Waals surface area contributed by atoms with Gasteiger partial charge in [0.15, 0.2) is 13.9 Å². The Labute approximate surface area is 439 Å². The summed E-state index contributed by atoms with van der Waals surface area (Å²) in [5, 5.41) is 12.9. The minimum atomic E-state index is -2.95. The second-order valence-electron chi connectivity index (χ2n) is 20.0. The number of aromatic nitrogens is 5. The van der Waals surface area contributed by atoms with E-state index < -0.39 is 8.07 Å². The summed E-state index contributed by atoms with van der Waals surface area (Å²) in [6, 6.07) is 100. The Hall–Kier alpha value is -9.88. The predicted octanol–water partition coefficient (Wildman–Crippen LogP) is 14.5. The first-order valence-electron chi connectivity index (χ1n) is 26.1. The second-order valence-corrected chi connectivity index (χ2v) is 23.7. The molecule has 1 aliphatic heterocycles. The first-order chi connectivity index (χ1) is 37.7. The van der Waals surface area contributed by atoms with Crippen molar-refractivity contribution in [2.45, 2.75) is 0 Å². The zero-order valence-electron chi connectivity index (χ0n) is 41.2. The molecule has 6 heteroatoms. The molecule has 15 aromatic rings. The summed E-state index contributed by atoms with van der Waals surface area (Å²) < 4.78 is 7.31. The Balaban J connectivity index is 0.942. The van der Waals surface area contributed by atoms with Gasteiger partial charge in [-0.3, -0.25) is 0 Å². The van der Waals surface area contributed by atoms with E-state index in [9.17, 15) is 0 Å². The molecule has 16 rings (SSSR count). The molecule has 76 heavy (non-hydrogen) atoms. The summed E-state index contributed by atoms with van der Waals surface area (Å²) in [7, 11) is -2.95. The summed E-state index contributed by atoms with van der Waals surface area (Å²) >= 11 is 0. The summed E-state index contributed by atoms with van der Waals surface area (Å²) in [5.74, 6) is 0.655. The van der Waals surface area contributed by atoms with Crippen molar-refractivity contribution in [3.05, 3.63) is 273 Å². The monoisotopic (exact) mass is 983 g/mol. The van der Waals surface area contributed by atoms with Crippen LogP contribution < -0.4 is 20.7 Å². The zero-order chi connectivity index (χ0) is 49.9. The molecule has 11 aromatic carbocycles. The predicted molar refractivity (Wildman–Crippen MR) is 319 cm³/mol. The third-order valence-electron chi connectivity index (χ3n) is 16.2. The molecule has 5 heterocycles. The lowest BCUT2D eigenvalue weighted by atomic mass is 10.0. The van der Waals surface area contributed by atoms with Crippen molar-refractivity contribution >= 4 is 94.2 Å². The summed E-state index contributed by atoms with van der Waals surface area (Å²) in [6.45, 7) is 0. The van der Waals surface area contributed by atoms with E-state index in [1.807, 2.05) is 0 Å². The fourth-order valence-electron chi connectivity index (χ4n) is 13.0. The van der Waals surface area contributed by atoms with Gasteiger partial charge in [0, 0.05) is 54.7 Å². The molecule has 0 fully saturated rings. The smallest absolute Gasteiger partial charge is 0.184 e. The van der Waals surface area contributed by atoms with Crippen molar-refractivity contribution in [2.75, 3.05) is 0 Å². The number of rotatable bonds is 7. The van der Waals surface area contributed by atoms with Gasteiger partial charge in [0.25, 0.3) is 0 Å². The number of hydrogen-bond donors (Lipinski definition) is 0. The molecule has 0 radical (unpaired) electrons. The number of para-hydroxylation sites is 9. The number of fused-ring (bicyclic) bond motifs is 11. The van der Waals surface area contributed by atoms with Crippen molar-refractivity contribution < 1.29 is 0 Å². The molecule has 0 N–H and O–H groups in total. The molecule has 0 aliphatic carbocycles. The van der Waals surface area contributed by atoms with Gasteiger partial charge in [-0.05, 0) is 81.4 Å². The minimum absolute atomic E-state index is 0.655. The van der Waals surface area contributed by atoms with E-state index in [2.05, 4.69) is 287 Å². The van der Waals surface area contributed by atoms with Gasteiger partial charge in [-0.2, -0.15) is 0 Å². The van der Waals surface area contributed by atoms with Crippen LogP contribution in [0.5, 0.6) is 0 Å². The van der Waals surface area contributed by atoms with Gasteiger partial charge < -0.3 is 13.7 Å². The molecule has 4 aromatic heterocycles. The van der Waals surface area contributed by atoms with Crippen LogP contribution in [0.25, 0.3) is 116 Å². The van der Waals surface area contributed by atoms with Crippen LogP contribution in [0.3, 0.4) is 0 Å². The van der Waals surface area contributed by atoms with E-state index in [1.54, 1.807) is 0 Å². The van der Waals surface area contributed by atoms with Gasteiger partial charge >= 0.3 is 0 Å². The van der Waals surface area contributed by atoms with Gasteiger partial charge in [0.05, 0.1) is 55.9 Å². The van der Waals surface area contributed by atoms with Crippen LogP contribution in [0, 0.1) is 0 Å². The van der Waals surface area contributed by atoms with E-state index in [0.717, 1.165) is 61.5 Å². The molecule has 0 bridgehead atoms. The van der Waals surface area contributed by atoms with Crippen LogP contribution in [-0.4, -0.2) is 31.7 Å². The SMILES string of the molecule is c1ccc([Si]2(c3ccc(-c4cc(-c5ccccc5-n5c6ccccc6c6ccccc65)nc(-c5ccccc5-n5c6ccccc6c6ccccc65)n4)cc3)c3ccccc3-n3c4ccccc4c4cccc2c43)cc1. The standard InChI is InChI=1S/C70H45N5Si/c1-2-21-47(22-3-1)76(67-39-19-18-38-66(67)75-63-35-15-8-27-53(63)54-30-20-40-68(76)69(54)75)48-43-41-46(42-44-48)57-45-58(55-28-9-16-36-64(55)73-59-31-11-4-23-49(59)50-24-5-12-32-60(50)73)72-70(71-57)56-29-10-17-37-65(56)74-61-33-13-6-25-51(61)52-26-7-14-34-62(52)74/h1-45H. The van der Waals surface area contributed by atoms with Gasteiger partial charge in [-0.25, -0.2) is 9.97 Å². The lowest BCUT2D eigenvalue weighted by Crippen LogP contribution is -2.76. The Kier molecular flexibility index (Phi) is 9.29. The number of hydrogen-bond acceptors (Lipinski definition) is 2.